The molecule has 0 aromatic heterocycles. The van der Waals surface area contributed by atoms with Crippen LogP contribution in [-0.2, 0) is 10.0 Å². The van der Waals surface area contributed by atoms with Gasteiger partial charge in [-0.1, -0.05) is 41.4 Å². The molecule has 0 saturated heterocycles. The van der Waals surface area contributed by atoms with Crippen LogP contribution in [0, 0.1) is 0 Å². The highest BCUT2D eigenvalue weighted by Gasteiger charge is 2.14. The molecule has 0 spiro atoms. The molecule has 0 saturated carbocycles. The van der Waals surface area contributed by atoms with Gasteiger partial charge in [0.15, 0.2) is 5.75 Å². The SMILES string of the molecule is CS(=O)(=O)Nc1cc(C(=O)Nc2cc(Cl)ccc2Oc2ccccc2)ccc1Cl. The summed E-state index contributed by atoms with van der Waals surface area (Å²) in [7, 11) is -3.55. The third-order valence-corrected chi connectivity index (χ3v) is 4.84. The molecule has 0 fully saturated rings. The third kappa shape index (κ3) is 5.87. The zero-order chi connectivity index (χ0) is 21.0. The van der Waals surface area contributed by atoms with Gasteiger partial charge in [0, 0.05) is 10.6 Å². The van der Waals surface area contributed by atoms with Gasteiger partial charge in [-0.3, -0.25) is 9.52 Å². The maximum absolute atomic E-state index is 12.7. The van der Waals surface area contributed by atoms with Gasteiger partial charge in [0.2, 0.25) is 10.0 Å². The molecule has 6 nitrogen and oxygen atoms in total. The van der Waals surface area contributed by atoms with Crippen LogP contribution in [0.1, 0.15) is 10.4 Å². The van der Waals surface area contributed by atoms with E-state index in [1.807, 2.05) is 18.2 Å². The van der Waals surface area contributed by atoms with Crippen molar-refractivity contribution in [3.8, 4) is 11.5 Å². The number of carbonyl (C=O) groups excluding carboxylic acids is 1. The minimum absolute atomic E-state index is 0.105. The number of ether oxygens (including phenoxy) is 1. The van der Waals surface area contributed by atoms with E-state index in [1.165, 1.54) is 18.2 Å². The normalized spacial score (nSPS) is 11.0. The van der Waals surface area contributed by atoms with E-state index in [0.717, 1.165) is 6.26 Å². The van der Waals surface area contributed by atoms with Gasteiger partial charge >= 0.3 is 0 Å². The first kappa shape index (κ1) is 21.0. The molecule has 150 valence electrons. The summed E-state index contributed by atoms with van der Waals surface area (Å²) in [5.74, 6) is 0.507. The highest BCUT2D eigenvalue weighted by atomic mass is 35.5. The molecule has 0 aliphatic carbocycles. The van der Waals surface area contributed by atoms with Crippen LogP contribution in [0.15, 0.2) is 66.7 Å². The topological polar surface area (TPSA) is 84.5 Å². The maximum atomic E-state index is 12.7. The van der Waals surface area contributed by atoms with E-state index < -0.39 is 15.9 Å². The Morgan fingerprint density at radius 1 is 0.931 bits per heavy atom. The van der Waals surface area contributed by atoms with E-state index in [9.17, 15) is 13.2 Å². The molecule has 3 rings (SSSR count). The molecule has 29 heavy (non-hydrogen) atoms. The van der Waals surface area contributed by atoms with Crippen LogP contribution >= 0.6 is 23.2 Å². The molecule has 9 heteroatoms. The van der Waals surface area contributed by atoms with Gasteiger partial charge in [0.05, 0.1) is 22.7 Å². The predicted molar refractivity (Wildman–Crippen MR) is 116 cm³/mol. The van der Waals surface area contributed by atoms with Crippen molar-refractivity contribution < 1.29 is 17.9 Å². The first-order valence-corrected chi connectivity index (χ1v) is 11.0. The van der Waals surface area contributed by atoms with Gasteiger partial charge in [0.25, 0.3) is 5.91 Å². The van der Waals surface area contributed by atoms with Crippen molar-refractivity contribution in [1.29, 1.82) is 0 Å². The first-order valence-electron chi connectivity index (χ1n) is 8.32. The maximum Gasteiger partial charge on any atom is 0.255 e. The van der Waals surface area contributed by atoms with Crippen LogP contribution in [0.25, 0.3) is 0 Å². The summed E-state index contributed by atoms with van der Waals surface area (Å²) in [6.45, 7) is 0. The standard InChI is InChI=1S/C20H16Cl2N2O4S/c1-29(26,27)24-17-11-13(7-9-16(17)22)20(25)23-18-12-14(21)8-10-19(18)28-15-5-3-2-4-6-15/h2-12,24H,1H3,(H,23,25). The van der Waals surface area contributed by atoms with Gasteiger partial charge in [-0.15, -0.1) is 0 Å². The summed E-state index contributed by atoms with van der Waals surface area (Å²) in [6.07, 6.45) is 0.995. The van der Waals surface area contributed by atoms with Crippen molar-refractivity contribution in [1.82, 2.24) is 0 Å². The lowest BCUT2D eigenvalue weighted by Crippen LogP contribution is -2.14. The summed E-state index contributed by atoms with van der Waals surface area (Å²) >= 11 is 12.1. The summed E-state index contributed by atoms with van der Waals surface area (Å²) in [4.78, 5) is 12.7. The second kappa shape index (κ2) is 8.73. The fourth-order valence-corrected chi connectivity index (χ4v) is 3.40. The molecule has 0 aliphatic rings. The number of hydrogen-bond acceptors (Lipinski definition) is 4. The summed E-state index contributed by atoms with van der Waals surface area (Å²) < 4.78 is 31.1. The zero-order valence-corrected chi connectivity index (χ0v) is 17.5. The Bertz CT molecular complexity index is 1150. The average molecular weight is 451 g/mol. The quantitative estimate of drug-likeness (QED) is 0.525. The van der Waals surface area contributed by atoms with Crippen LogP contribution in [0.5, 0.6) is 11.5 Å². The number of anilines is 2. The third-order valence-electron chi connectivity index (χ3n) is 3.68. The van der Waals surface area contributed by atoms with Crippen molar-refractivity contribution in [2.45, 2.75) is 0 Å². The van der Waals surface area contributed by atoms with Crippen LogP contribution in [-0.4, -0.2) is 20.6 Å². The fourth-order valence-electron chi connectivity index (χ4n) is 2.44. The Morgan fingerprint density at radius 2 is 1.66 bits per heavy atom. The highest BCUT2D eigenvalue weighted by molar-refractivity contribution is 7.92. The monoisotopic (exact) mass is 450 g/mol. The Kier molecular flexibility index (Phi) is 6.32. The van der Waals surface area contributed by atoms with Gasteiger partial charge in [-0.25, -0.2) is 8.42 Å². The molecule has 0 heterocycles. The molecule has 0 atom stereocenters. The van der Waals surface area contributed by atoms with Gasteiger partial charge in [-0.2, -0.15) is 0 Å². The van der Waals surface area contributed by atoms with E-state index >= 15 is 0 Å². The van der Waals surface area contributed by atoms with Gasteiger partial charge < -0.3 is 10.1 Å². The average Bonchev–Trinajstić information content (AvgIpc) is 2.65. The van der Waals surface area contributed by atoms with Crippen molar-refractivity contribution in [3.63, 3.8) is 0 Å². The number of halogens is 2. The highest BCUT2D eigenvalue weighted by Crippen LogP contribution is 2.33. The van der Waals surface area contributed by atoms with Crippen molar-refractivity contribution in [2.75, 3.05) is 16.3 Å². The van der Waals surface area contributed by atoms with Gasteiger partial charge in [0.1, 0.15) is 5.75 Å². The smallest absolute Gasteiger partial charge is 0.255 e. The molecule has 1 amide bonds. The number of rotatable bonds is 6. The number of carbonyl (C=O) groups is 1. The molecule has 0 radical (unpaired) electrons. The first-order chi connectivity index (χ1) is 13.7. The van der Waals surface area contributed by atoms with Crippen LogP contribution in [0.2, 0.25) is 10.0 Å². The number of sulfonamides is 1. The van der Waals surface area contributed by atoms with Crippen LogP contribution in [0.3, 0.4) is 0 Å². The molecule has 3 aromatic carbocycles. The van der Waals surface area contributed by atoms with Crippen LogP contribution < -0.4 is 14.8 Å². The number of benzene rings is 3. The van der Waals surface area contributed by atoms with E-state index in [1.54, 1.807) is 30.3 Å². The molecular weight excluding hydrogens is 435 g/mol. The molecule has 0 unspecified atom stereocenters. The van der Waals surface area contributed by atoms with Crippen LogP contribution in [0.4, 0.5) is 11.4 Å². The predicted octanol–water partition coefficient (Wildman–Crippen LogP) is 5.41. The van der Waals surface area contributed by atoms with E-state index in [-0.39, 0.29) is 16.3 Å². The molecule has 0 aliphatic heterocycles. The van der Waals surface area contributed by atoms with E-state index in [0.29, 0.717) is 22.2 Å². The minimum atomic E-state index is -3.55. The lowest BCUT2D eigenvalue weighted by atomic mass is 10.2. The Balaban J connectivity index is 1.87. The van der Waals surface area contributed by atoms with Crippen molar-refractivity contribution in [2.24, 2.45) is 0 Å². The summed E-state index contributed by atoms with van der Waals surface area (Å²) in [5, 5.41) is 3.31. The Labute approximate surface area is 178 Å². The second-order valence-electron chi connectivity index (χ2n) is 6.08. The zero-order valence-electron chi connectivity index (χ0n) is 15.1. The molecular formula is C20H16Cl2N2O4S. The van der Waals surface area contributed by atoms with Gasteiger partial charge in [-0.05, 0) is 48.5 Å². The number of amides is 1. The lowest BCUT2D eigenvalue weighted by Gasteiger charge is -2.14. The fraction of sp³-hybridized carbons (Fsp3) is 0.0500. The van der Waals surface area contributed by atoms with E-state index in [2.05, 4.69) is 10.0 Å². The number of hydrogen-bond donors (Lipinski definition) is 2. The molecule has 3 aromatic rings. The van der Waals surface area contributed by atoms with E-state index in [4.69, 9.17) is 27.9 Å². The Morgan fingerprint density at radius 3 is 2.34 bits per heavy atom. The van der Waals surface area contributed by atoms with Crippen molar-refractivity contribution >= 4 is 50.5 Å². The van der Waals surface area contributed by atoms with Crippen molar-refractivity contribution in [3.05, 3.63) is 82.3 Å². The Hall–Kier alpha value is -2.74. The molecule has 0 bridgehead atoms. The summed E-state index contributed by atoms with van der Waals surface area (Å²) in [5.41, 5.74) is 0.666. The lowest BCUT2D eigenvalue weighted by molar-refractivity contribution is 0.102. The second-order valence-corrected chi connectivity index (χ2v) is 8.67. The largest absolute Gasteiger partial charge is 0.455 e. The minimum Gasteiger partial charge on any atom is -0.455 e. The number of nitrogens with one attached hydrogen (secondary N) is 2. The summed E-state index contributed by atoms with van der Waals surface area (Å²) in [6, 6.07) is 18.2. The number of para-hydroxylation sites is 1. The molecule has 2 N–H and O–H groups in total.